The highest BCUT2D eigenvalue weighted by atomic mass is 16.4. The summed E-state index contributed by atoms with van der Waals surface area (Å²) >= 11 is 0. The van der Waals surface area contributed by atoms with Crippen molar-refractivity contribution in [2.45, 2.75) is 95.2 Å². The number of carbonyl (C=O) groups is 1. The van der Waals surface area contributed by atoms with Crippen molar-refractivity contribution >= 4 is 5.97 Å². The Kier molecular flexibility index (Phi) is 26.4. The summed E-state index contributed by atoms with van der Waals surface area (Å²) in [6, 6.07) is 0. The molecule has 5 atom stereocenters. The van der Waals surface area contributed by atoms with E-state index in [1.165, 1.54) is 12.8 Å². The molecule has 9 nitrogen and oxygen atoms in total. The smallest absolute Gasteiger partial charge is 0.303 e. The number of allylic oxidation sites excluding steroid dienone is 7. The largest absolute Gasteiger partial charge is 0.481 e. The maximum absolute atomic E-state index is 10.3. The van der Waals surface area contributed by atoms with E-state index in [-0.39, 0.29) is 19.1 Å². The maximum atomic E-state index is 10.3. The van der Waals surface area contributed by atoms with Crippen LogP contribution in [0.1, 0.15) is 64.7 Å². The number of aliphatic hydroxyl groups is 6. The molecule has 0 aliphatic rings. The minimum atomic E-state index is -1.55. The molecule has 0 aromatic rings. The second kappa shape index (κ2) is 26.2. The molecule has 1 unspecified atom stereocenters. The lowest BCUT2D eigenvalue weighted by molar-refractivity contribution is -0.137. The van der Waals surface area contributed by atoms with Crippen LogP contribution < -0.4 is 5.32 Å². The predicted octanol–water partition coefficient (Wildman–Crippen LogP) is 1.83. The lowest BCUT2D eigenvalue weighted by atomic mass is 10.0. The average Bonchev–Trinajstić information content (AvgIpc) is 2.85. The number of hydrogen-bond donors (Lipinski definition) is 8. The van der Waals surface area contributed by atoms with E-state index in [1.54, 1.807) is 7.05 Å². The first-order valence-corrected chi connectivity index (χ1v) is 12.7. The number of nitrogens with one attached hydrogen (secondary N) is 1. The van der Waals surface area contributed by atoms with Gasteiger partial charge in [0.25, 0.3) is 0 Å². The van der Waals surface area contributed by atoms with Crippen molar-refractivity contribution in [1.82, 2.24) is 5.32 Å². The number of hydrogen-bond acceptors (Lipinski definition) is 8. The van der Waals surface area contributed by atoms with Gasteiger partial charge in [0.2, 0.25) is 0 Å². The number of aliphatic hydroxyl groups excluding tert-OH is 6. The fraction of sp³-hybridized carbons (Fsp3) is 0.667. The van der Waals surface area contributed by atoms with Crippen molar-refractivity contribution in [3.63, 3.8) is 0 Å². The number of aliphatic carboxylic acids is 1. The van der Waals surface area contributed by atoms with Crippen molar-refractivity contribution in [2.24, 2.45) is 0 Å². The summed E-state index contributed by atoms with van der Waals surface area (Å²) in [5.41, 5.74) is 0. The van der Waals surface area contributed by atoms with Gasteiger partial charge in [-0.1, -0.05) is 74.8 Å². The Morgan fingerprint density at radius 1 is 0.833 bits per heavy atom. The molecule has 0 saturated heterocycles. The van der Waals surface area contributed by atoms with Gasteiger partial charge in [0, 0.05) is 13.0 Å². The molecule has 0 bridgehead atoms. The molecule has 0 fully saturated rings. The zero-order valence-corrected chi connectivity index (χ0v) is 21.8. The zero-order chi connectivity index (χ0) is 27.6. The summed E-state index contributed by atoms with van der Waals surface area (Å²) in [6.45, 7) is 1.59. The van der Waals surface area contributed by atoms with Gasteiger partial charge in [-0.2, -0.15) is 0 Å². The van der Waals surface area contributed by atoms with Gasteiger partial charge in [-0.25, -0.2) is 0 Å². The van der Waals surface area contributed by atoms with E-state index in [2.05, 4.69) is 36.5 Å². The third kappa shape index (κ3) is 23.9. The minimum absolute atomic E-state index is 0.0936. The Bertz CT molecular complexity index is 621. The van der Waals surface area contributed by atoms with Crippen LogP contribution in [0.25, 0.3) is 0 Å². The van der Waals surface area contributed by atoms with E-state index in [1.807, 2.05) is 24.3 Å². The number of likely N-dealkylation sites (N-methyl/N-ethyl adjacent to an activating group) is 1. The van der Waals surface area contributed by atoms with Gasteiger partial charge in [-0.15, -0.1) is 0 Å². The molecule has 9 heteroatoms. The fourth-order valence-electron chi connectivity index (χ4n) is 2.88. The zero-order valence-electron chi connectivity index (χ0n) is 21.8. The topological polar surface area (TPSA) is 171 Å². The van der Waals surface area contributed by atoms with Crippen molar-refractivity contribution in [3.8, 4) is 0 Å². The first kappa shape index (κ1) is 36.3. The molecule has 0 aromatic heterocycles. The summed E-state index contributed by atoms with van der Waals surface area (Å²) in [6.07, 6.45) is 17.9. The monoisotopic (exact) mass is 515 g/mol. The quantitative estimate of drug-likeness (QED) is 0.0684. The van der Waals surface area contributed by atoms with E-state index < -0.39 is 37.0 Å². The minimum Gasteiger partial charge on any atom is -0.481 e. The summed E-state index contributed by atoms with van der Waals surface area (Å²) in [5.74, 6) is -0.729. The van der Waals surface area contributed by atoms with E-state index in [9.17, 15) is 15.0 Å². The molecule has 0 aliphatic carbocycles. The molecular weight excluding hydrogens is 466 g/mol. The molecule has 0 heterocycles. The van der Waals surface area contributed by atoms with Gasteiger partial charge in [-0.3, -0.25) is 4.79 Å². The third-order valence-corrected chi connectivity index (χ3v) is 5.06. The molecule has 0 spiro atoms. The van der Waals surface area contributed by atoms with Crippen LogP contribution in [-0.4, -0.2) is 92.4 Å². The Morgan fingerprint density at radius 3 is 2.03 bits per heavy atom. The summed E-state index contributed by atoms with van der Waals surface area (Å²) in [7, 11) is 1.57. The Hall–Kier alpha value is -1.85. The molecule has 210 valence electrons. The average molecular weight is 516 g/mol. The van der Waals surface area contributed by atoms with Crippen molar-refractivity contribution in [2.75, 3.05) is 20.2 Å². The lowest BCUT2D eigenvalue weighted by Crippen LogP contribution is -2.48. The second-order valence-corrected chi connectivity index (χ2v) is 8.43. The van der Waals surface area contributed by atoms with Crippen molar-refractivity contribution in [3.05, 3.63) is 48.6 Å². The molecule has 36 heavy (non-hydrogen) atoms. The van der Waals surface area contributed by atoms with Crippen LogP contribution in [0.3, 0.4) is 0 Å². The van der Waals surface area contributed by atoms with Crippen LogP contribution in [0.5, 0.6) is 0 Å². The second-order valence-electron chi connectivity index (χ2n) is 8.43. The Labute approximate surface area is 216 Å². The molecule has 0 aromatic carbocycles. The van der Waals surface area contributed by atoms with E-state index in [4.69, 9.17) is 25.5 Å². The molecule has 0 radical (unpaired) electrons. The predicted molar refractivity (Wildman–Crippen MR) is 142 cm³/mol. The Balaban J connectivity index is 0. The highest BCUT2D eigenvalue weighted by Crippen LogP contribution is 2.05. The number of carboxylic acid groups (broad SMARTS) is 1. The van der Waals surface area contributed by atoms with Gasteiger partial charge in [0.1, 0.15) is 18.3 Å². The first-order chi connectivity index (χ1) is 17.2. The van der Waals surface area contributed by atoms with Crippen LogP contribution in [0.4, 0.5) is 0 Å². The molecule has 0 saturated carbocycles. The van der Waals surface area contributed by atoms with Crippen LogP contribution in [0, 0.1) is 0 Å². The molecular formula is C27H49NO8. The molecule has 0 aliphatic heterocycles. The molecule has 8 N–H and O–H groups in total. The van der Waals surface area contributed by atoms with Crippen LogP contribution in [0.15, 0.2) is 48.6 Å². The fourth-order valence-corrected chi connectivity index (χ4v) is 2.88. The number of carboxylic acids is 1. The molecule has 0 amide bonds. The highest BCUT2D eigenvalue weighted by molar-refractivity contribution is 5.66. The maximum Gasteiger partial charge on any atom is 0.303 e. The van der Waals surface area contributed by atoms with E-state index in [0.29, 0.717) is 6.42 Å². The van der Waals surface area contributed by atoms with Crippen LogP contribution >= 0.6 is 0 Å². The van der Waals surface area contributed by atoms with Gasteiger partial charge in [0.15, 0.2) is 0 Å². The SMILES string of the molecule is CCCCCC(O)/C=C/C=C/C/C=C/C/C=C/CCCC(=O)O.CNC[C@H](O)[C@@H](O)[C@H](O)[C@H](O)CO. The first-order valence-electron chi connectivity index (χ1n) is 12.7. The number of unbranched alkanes of at least 4 members (excludes halogenated alkanes) is 3. The van der Waals surface area contributed by atoms with Crippen LogP contribution in [0.2, 0.25) is 0 Å². The lowest BCUT2D eigenvalue weighted by Gasteiger charge is -2.25. The highest BCUT2D eigenvalue weighted by Gasteiger charge is 2.29. The Morgan fingerprint density at radius 2 is 1.44 bits per heavy atom. The van der Waals surface area contributed by atoms with E-state index in [0.717, 1.165) is 32.1 Å². The van der Waals surface area contributed by atoms with Crippen molar-refractivity contribution < 1.29 is 40.5 Å². The summed E-state index contributed by atoms with van der Waals surface area (Å²) in [4.78, 5) is 10.3. The summed E-state index contributed by atoms with van der Waals surface area (Å²) in [5, 5.41) is 65.7. The standard InChI is InChI=1S/C20H32O3.C7H17NO5/c1-2-3-13-16-19(21)17-14-11-9-7-5-4-6-8-10-12-15-18-20(22)23;1-8-2-4(10)6(12)7(13)5(11)3-9/h4-5,8-11,14,17,19,21H,2-3,6-7,12-13,15-16,18H2,1H3,(H,22,23);4-13H,2-3H2,1H3/b5-4+,10-8+,11-9+,17-14+;/t;4-,5+,6+,7+/m.0/s1. The van der Waals surface area contributed by atoms with Crippen LogP contribution in [-0.2, 0) is 4.79 Å². The van der Waals surface area contributed by atoms with Gasteiger partial charge < -0.3 is 41.1 Å². The summed E-state index contributed by atoms with van der Waals surface area (Å²) < 4.78 is 0. The normalized spacial score (nSPS) is 16.3. The van der Waals surface area contributed by atoms with Gasteiger partial charge in [0.05, 0.1) is 18.8 Å². The number of rotatable bonds is 20. The van der Waals surface area contributed by atoms with E-state index >= 15 is 0 Å². The van der Waals surface area contributed by atoms with Crippen molar-refractivity contribution in [1.29, 1.82) is 0 Å². The third-order valence-electron chi connectivity index (χ3n) is 5.06. The van der Waals surface area contributed by atoms with Gasteiger partial charge in [-0.05, 0) is 39.2 Å². The van der Waals surface area contributed by atoms with Gasteiger partial charge >= 0.3 is 5.97 Å². The molecule has 0 rings (SSSR count).